The highest BCUT2D eigenvalue weighted by Gasteiger charge is 2.12. The predicted octanol–water partition coefficient (Wildman–Crippen LogP) is 3.99. The number of nitrogens with zero attached hydrogens (tertiary/aromatic N) is 3. The predicted molar refractivity (Wildman–Crippen MR) is 92.6 cm³/mol. The first-order chi connectivity index (χ1) is 11.4. The van der Waals surface area contributed by atoms with Crippen molar-refractivity contribution < 1.29 is 9.53 Å². The van der Waals surface area contributed by atoms with Crippen LogP contribution in [0.1, 0.15) is 30.7 Å². The maximum Gasteiger partial charge on any atom is 0.336 e. The van der Waals surface area contributed by atoms with Gasteiger partial charge in [0.15, 0.2) is 0 Å². The lowest BCUT2D eigenvalue weighted by Crippen LogP contribution is -2.06. The second-order valence-electron chi connectivity index (χ2n) is 5.76. The van der Waals surface area contributed by atoms with Crippen LogP contribution in [0, 0.1) is 24.2 Å². The highest BCUT2D eigenvalue weighted by atomic mass is 35.5. The number of halogens is 1. The quantitative estimate of drug-likeness (QED) is 0.467. The van der Waals surface area contributed by atoms with Gasteiger partial charge in [-0.15, -0.1) is 0 Å². The van der Waals surface area contributed by atoms with Crippen LogP contribution in [0.5, 0.6) is 5.75 Å². The number of aromatic nitrogens is 2. The number of nitriles is 1. The molecule has 0 unspecified atom stereocenters. The van der Waals surface area contributed by atoms with Crippen LogP contribution in [0.3, 0.4) is 0 Å². The summed E-state index contributed by atoms with van der Waals surface area (Å²) in [6.45, 7) is 6.72. The van der Waals surface area contributed by atoms with Gasteiger partial charge in [0.25, 0.3) is 0 Å². The fraction of sp³-hybridized carbons (Fsp3) is 0.278. The van der Waals surface area contributed by atoms with Crippen molar-refractivity contribution in [2.24, 2.45) is 5.92 Å². The molecule has 0 aliphatic rings. The maximum atomic E-state index is 11.9. The van der Waals surface area contributed by atoms with E-state index in [0.717, 1.165) is 5.69 Å². The molecule has 1 aromatic carbocycles. The molecule has 0 spiro atoms. The molecule has 0 amide bonds. The normalized spacial score (nSPS) is 11.0. The molecule has 2 rings (SSSR count). The number of carbonyl (C=O) groups is 1. The van der Waals surface area contributed by atoms with E-state index in [-0.39, 0.29) is 0 Å². The average molecular weight is 344 g/mol. The van der Waals surface area contributed by atoms with Gasteiger partial charge in [0.05, 0.1) is 17.3 Å². The van der Waals surface area contributed by atoms with Gasteiger partial charge >= 0.3 is 5.97 Å². The van der Waals surface area contributed by atoms with Gasteiger partial charge in [-0.3, -0.25) is 4.68 Å². The molecule has 1 heterocycles. The lowest BCUT2D eigenvalue weighted by Gasteiger charge is -2.05. The molecule has 0 radical (unpaired) electrons. The number of rotatable bonds is 5. The van der Waals surface area contributed by atoms with Crippen molar-refractivity contribution in [3.8, 4) is 11.8 Å². The Morgan fingerprint density at radius 2 is 2.08 bits per heavy atom. The number of benzene rings is 1. The Bertz CT molecular complexity index is 799. The van der Waals surface area contributed by atoms with Crippen LogP contribution in [0.15, 0.2) is 30.3 Å². The zero-order valence-electron chi connectivity index (χ0n) is 13.8. The van der Waals surface area contributed by atoms with Crippen molar-refractivity contribution in [2.45, 2.75) is 27.3 Å². The van der Waals surface area contributed by atoms with Gasteiger partial charge in [0.2, 0.25) is 0 Å². The highest BCUT2D eigenvalue weighted by Crippen LogP contribution is 2.22. The number of ether oxygens (including phenoxy) is 1. The minimum atomic E-state index is -0.521. The Morgan fingerprint density at radius 3 is 2.67 bits per heavy atom. The van der Waals surface area contributed by atoms with E-state index < -0.39 is 5.97 Å². The Kier molecular flexibility index (Phi) is 5.78. The maximum absolute atomic E-state index is 11.9. The third-order valence-electron chi connectivity index (χ3n) is 3.24. The van der Waals surface area contributed by atoms with Gasteiger partial charge in [0.1, 0.15) is 10.9 Å². The SMILES string of the molecule is Cc1nn(CC(C)C)c(Cl)c1/C=C/C(=O)Oc1ccc(C#N)cc1. The Hall–Kier alpha value is -2.58. The lowest BCUT2D eigenvalue weighted by molar-refractivity contribution is -0.128. The van der Waals surface area contributed by atoms with Gasteiger partial charge < -0.3 is 4.74 Å². The fourth-order valence-electron chi connectivity index (χ4n) is 2.12. The monoisotopic (exact) mass is 343 g/mol. The molecular weight excluding hydrogens is 326 g/mol. The molecular formula is C18H18ClN3O2. The summed E-state index contributed by atoms with van der Waals surface area (Å²) < 4.78 is 6.91. The van der Waals surface area contributed by atoms with Crippen molar-refractivity contribution in [1.82, 2.24) is 9.78 Å². The molecule has 0 saturated heterocycles. The van der Waals surface area contributed by atoms with E-state index in [2.05, 4.69) is 18.9 Å². The molecule has 1 aromatic heterocycles. The van der Waals surface area contributed by atoms with Crippen LogP contribution >= 0.6 is 11.6 Å². The van der Waals surface area contributed by atoms with Crippen molar-refractivity contribution in [2.75, 3.05) is 0 Å². The minimum Gasteiger partial charge on any atom is -0.423 e. The third-order valence-corrected chi connectivity index (χ3v) is 3.63. The molecule has 0 fully saturated rings. The average Bonchev–Trinajstić information content (AvgIpc) is 2.79. The lowest BCUT2D eigenvalue weighted by atomic mass is 10.2. The third kappa shape index (κ3) is 4.46. The largest absolute Gasteiger partial charge is 0.423 e. The van der Waals surface area contributed by atoms with Gasteiger partial charge in [-0.25, -0.2) is 4.79 Å². The van der Waals surface area contributed by atoms with Gasteiger partial charge in [-0.1, -0.05) is 25.4 Å². The Morgan fingerprint density at radius 1 is 1.42 bits per heavy atom. The summed E-state index contributed by atoms with van der Waals surface area (Å²) in [6, 6.07) is 8.32. The molecule has 2 aromatic rings. The van der Waals surface area contributed by atoms with E-state index in [4.69, 9.17) is 21.6 Å². The molecule has 0 aliphatic carbocycles. The molecule has 0 saturated carbocycles. The van der Waals surface area contributed by atoms with Crippen LogP contribution in [0.4, 0.5) is 0 Å². The van der Waals surface area contributed by atoms with Crippen LogP contribution < -0.4 is 4.74 Å². The summed E-state index contributed by atoms with van der Waals surface area (Å²) in [5, 5.41) is 13.6. The van der Waals surface area contributed by atoms with Crippen molar-refractivity contribution >= 4 is 23.6 Å². The molecule has 124 valence electrons. The number of carbonyl (C=O) groups excluding carboxylic acids is 1. The van der Waals surface area contributed by atoms with Crippen molar-refractivity contribution in [3.05, 3.63) is 52.3 Å². The van der Waals surface area contributed by atoms with E-state index in [0.29, 0.717) is 34.5 Å². The van der Waals surface area contributed by atoms with Crippen molar-refractivity contribution in [3.63, 3.8) is 0 Å². The molecule has 0 N–H and O–H groups in total. The van der Waals surface area contributed by atoms with Gasteiger partial charge in [-0.2, -0.15) is 10.4 Å². The summed E-state index contributed by atoms with van der Waals surface area (Å²) >= 11 is 6.32. The van der Waals surface area contributed by atoms with Crippen LogP contribution in [-0.2, 0) is 11.3 Å². The minimum absolute atomic E-state index is 0.377. The molecule has 0 aliphatic heterocycles. The van der Waals surface area contributed by atoms with Crippen LogP contribution in [-0.4, -0.2) is 15.7 Å². The Balaban J connectivity index is 2.08. The number of hydrogen-bond donors (Lipinski definition) is 0. The smallest absolute Gasteiger partial charge is 0.336 e. The van der Waals surface area contributed by atoms with E-state index in [9.17, 15) is 4.79 Å². The molecule has 0 bridgehead atoms. The summed E-state index contributed by atoms with van der Waals surface area (Å²) in [5.74, 6) is 0.272. The van der Waals surface area contributed by atoms with Crippen LogP contribution in [0.25, 0.3) is 6.08 Å². The molecule has 6 heteroatoms. The van der Waals surface area contributed by atoms with E-state index in [1.807, 2.05) is 13.0 Å². The van der Waals surface area contributed by atoms with E-state index in [1.54, 1.807) is 35.0 Å². The Labute approximate surface area is 146 Å². The van der Waals surface area contributed by atoms with Gasteiger partial charge in [0, 0.05) is 18.2 Å². The van der Waals surface area contributed by atoms with Crippen molar-refractivity contribution in [1.29, 1.82) is 5.26 Å². The van der Waals surface area contributed by atoms with E-state index >= 15 is 0 Å². The zero-order chi connectivity index (χ0) is 17.7. The zero-order valence-corrected chi connectivity index (χ0v) is 14.5. The second-order valence-corrected chi connectivity index (χ2v) is 6.11. The second kappa shape index (κ2) is 7.80. The van der Waals surface area contributed by atoms with E-state index in [1.165, 1.54) is 6.08 Å². The van der Waals surface area contributed by atoms with Crippen LogP contribution in [0.2, 0.25) is 5.15 Å². The molecule has 5 nitrogen and oxygen atoms in total. The number of hydrogen-bond acceptors (Lipinski definition) is 4. The summed E-state index contributed by atoms with van der Waals surface area (Å²) in [7, 11) is 0. The molecule has 0 atom stereocenters. The topological polar surface area (TPSA) is 67.9 Å². The summed E-state index contributed by atoms with van der Waals surface area (Å²) in [6.07, 6.45) is 2.92. The fourth-order valence-corrected chi connectivity index (χ4v) is 2.43. The summed E-state index contributed by atoms with van der Waals surface area (Å²) in [5.41, 5.74) is 1.96. The first kappa shape index (κ1) is 17.8. The number of esters is 1. The first-order valence-corrected chi connectivity index (χ1v) is 7.91. The first-order valence-electron chi connectivity index (χ1n) is 7.53. The number of aryl methyl sites for hydroxylation is 1. The van der Waals surface area contributed by atoms with Gasteiger partial charge in [-0.05, 0) is 43.2 Å². The summed E-state index contributed by atoms with van der Waals surface area (Å²) in [4.78, 5) is 11.9. The standard InChI is InChI=1S/C18H18ClN3O2/c1-12(2)11-22-18(19)16(13(3)21-22)8-9-17(23)24-15-6-4-14(10-20)5-7-15/h4-9,12H,11H2,1-3H3/b9-8+. The highest BCUT2D eigenvalue weighted by molar-refractivity contribution is 6.31. The molecule has 24 heavy (non-hydrogen) atoms.